The summed E-state index contributed by atoms with van der Waals surface area (Å²) in [5.74, 6) is 0.360. The van der Waals surface area contributed by atoms with Gasteiger partial charge >= 0.3 is 5.97 Å². The summed E-state index contributed by atoms with van der Waals surface area (Å²) in [6, 6.07) is 10.3. The summed E-state index contributed by atoms with van der Waals surface area (Å²) in [4.78, 5) is 12.1. The highest BCUT2D eigenvalue weighted by Crippen LogP contribution is 2.16. The van der Waals surface area contributed by atoms with Gasteiger partial charge in [0.15, 0.2) is 0 Å². The van der Waals surface area contributed by atoms with Crippen LogP contribution in [0.4, 0.5) is 0 Å². The van der Waals surface area contributed by atoms with Crippen LogP contribution < -0.4 is 0 Å². The molecule has 2 rings (SSSR count). The molecule has 0 bridgehead atoms. The number of aromatic nitrogens is 2. The van der Waals surface area contributed by atoms with Gasteiger partial charge in [-0.15, -0.1) is 0 Å². The molecule has 0 saturated heterocycles. The third-order valence-corrected chi connectivity index (χ3v) is 4.11. The number of carbonyl (C=O) groups excluding carboxylic acids is 1. The van der Waals surface area contributed by atoms with Crippen molar-refractivity contribution in [3.05, 3.63) is 52.8 Å². The number of rotatable bonds is 8. The number of benzene rings is 1. The largest absolute Gasteiger partial charge is 0.465 e. The van der Waals surface area contributed by atoms with Crippen molar-refractivity contribution in [2.75, 3.05) is 6.61 Å². The minimum absolute atomic E-state index is 0.168. The maximum atomic E-state index is 12.1. The summed E-state index contributed by atoms with van der Waals surface area (Å²) < 4.78 is 7.39. The Hall–Kier alpha value is -2.10. The molecule has 0 atom stereocenters. The quantitative estimate of drug-likeness (QED) is 0.546. The van der Waals surface area contributed by atoms with Crippen LogP contribution in [-0.4, -0.2) is 22.4 Å². The highest BCUT2D eigenvalue weighted by Gasteiger charge is 2.16. The van der Waals surface area contributed by atoms with Gasteiger partial charge in [-0.1, -0.05) is 44.2 Å². The molecule has 1 aromatic carbocycles. The molecule has 0 saturated carbocycles. The topological polar surface area (TPSA) is 44.1 Å². The van der Waals surface area contributed by atoms with E-state index >= 15 is 0 Å². The summed E-state index contributed by atoms with van der Waals surface area (Å²) >= 11 is 0. The van der Waals surface area contributed by atoms with E-state index in [4.69, 9.17) is 4.74 Å². The van der Waals surface area contributed by atoms with Crippen LogP contribution >= 0.6 is 0 Å². The van der Waals surface area contributed by atoms with E-state index in [2.05, 4.69) is 31.1 Å². The Balaban J connectivity index is 1.81. The molecule has 4 heteroatoms. The van der Waals surface area contributed by atoms with Gasteiger partial charge in [0.05, 0.1) is 18.7 Å². The lowest BCUT2D eigenvalue weighted by Crippen LogP contribution is -2.12. The van der Waals surface area contributed by atoms with Crippen molar-refractivity contribution in [2.24, 2.45) is 5.92 Å². The predicted molar refractivity (Wildman–Crippen MR) is 96.0 cm³/mol. The summed E-state index contributed by atoms with van der Waals surface area (Å²) in [6.45, 7) is 9.65. The number of carbonyl (C=O) groups is 1. The molecule has 4 nitrogen and oxygen atoms in total. The molecule has 0 unspecified atom stereocenters. The van der Waals surface area contributed by atoms with Crippen molar-refractivity contribution in [2.45, 2.75) is 53.5 Å². The van der Waals surface area contributed by atoms with Crippen molar-refractivity contribution in [1.29, 1.82) is 0 Å². The van der Waals surface area contributed by atoms with Crippen LogP contribution in [0.3, 0.4) is 0 Å². The van der Waals surface area contributed by atoms with Crippen molar-refractivity contribution < 1.29 is 9.53 Å². The molecular weight excluding hydrogens is 300 g/mol. The van der Waals surface area contributed by atoms with E-state index in [-0.39, 0.29) is 5.97 Å². The van der Waals surface area contributed by atoms with Crippen molar-refractivity contribution in [3.63, 3.8) is 0 Å². The van der Waals surface area contributed by atoms with Crippen LogP contribution in [-0.2, 0) is 28.9 Å². The highest BCUT2D eigenvalue weighted by atomic mass is 16.5. The monoisotopic (exact) mass is 328 g/mol. The van der Waals surface area contributed by atoms with E-state index in [1.807, 2.05) is 36.7 Å². The predicted octanol–water partition coefficient (Wildman–Crippen LogP) is 3.87. The van der Waals surface area contributed by atoms with Gasteiger partial charge in [0.2, 0.25) is 0 Å². The molecule has 1 heterocycles. The third kappa shape index (κ3) is 5.22. The minimum atomic E-state index is -0.168. The zero-order valence-electron chi connectivity index (χ0n) is 15.2. The molecule has 0 aliphatic rings. The lowest BCUT2D eigenvalue weighted by Gasteiger charge is -2.08. The van der Waals surface area contributed by atoms with E-state index < -0.39 is 0 Å². The Morgan fingerprint density at radius 3 is 2.58 bits per heavy atom. The van der Waals surface area contributed by atoms with Gasteiger partial charge in [-0.2, -0.15) is 5.10 Å². The molecule has 1 aromatic heterocycles. The molecule has 24 heavy (non-hydrogen) atoms. The summed E-state index contributed by atoms with van der Waals surface area (Å²) in [5.41, 5.74) is 4.27. The second-order valence-corrected chi connectivity index (χ2v) is 6.71. The first-order chi connectivity index (χ1) is 11.5. The normalized spacial score (nSPS) is 11.0. The SMILES string of the molecule is Cc1nn(CC(C)C)c(C)c1CC(=O)OCCCc1ccccc1. The van der Waals surface area contributed by atoms with Crippen molar-refractivity contribution in [3.8, 4) is 0 Å². The van der Waals surface area contributed by atoms with E-state index in [9.17, 15) is 4.79 Å². The number of aryl methyl sites for hydroxylation is 2. The number of esters is 1. The fourth-order valence-corrected chi connectivity index (χ4v) is 2.82. The minimum Gasteiger partial charge on any atom is -0.465 e. The fourth-order valence-electron chi connectivity index (χ4n) is 2.82. The van der Waals surface area contributed by atoms with Gasteiger partial charge in [0.25, 0.3) is 0 Å². The molecule has 2 aromatic rings. The van der Waals surface area contributed by atoms with Crippen LogP contribution in [0.15, 0.2) is 30.3 Å². The maximum Gasteiger partial charge on any atom is 0.310 e. The van der Waals surface area contributed by atoms with Gasteiger partial charge in [-0.3, -0.25) is 9.48 Å². The molecule has 0 amide bonds. The van der Waals surface area contributed by atoms with Crippen LogP contribution in [0.2, 0.25) is 0 Å². The first-order valence-corrected chi connectivity index (χ1v) is 8.69. The first kappa shape index (κ1) is 18.2. The lowest BCUT2D eigenvalue weighted by molar-refractivity contribution is -0.142. The Kier molecular flexibility index (Phi) is 6.59. The summed E-state index contributed by atoms with van der Waals surface area (Å²) in [5, 5.41) is 4.55. The Labute approximate surface area is 144 Å². The van der Waals surface area contributed by atoms with Crippen LogP contribution in [0.25, 0.3) is 0 Å². The van der Waals surface area contributed by atoms with E-state index in [1.54, 1.807) is 0 Å². The number of ether oxygens (including phenoxy) is 1. The lowest BCUT2D eigenvalue weighted by atomic mass is 10.1. The van der Waals surface area contributed by atoms with Crippen LogP contribution in [0, 0.1) is 19.8 Å². The Morgan fingerprint density at radius 1 is 1.21 bits per heavy atom. The van der Waals surface area contributed by atoms with Gasteiger partial charge in [0, 0.05) is 17.8 Å². The molecule has 0 aliphatic carbocycles. The van der Waals surface area contributed by atoms with Gasteiger partial charge in [-0.25, -0.2) is 0 Å². The molecular formula is C20H28N2O2. The average Bonchev–Trinajstić information content (AvgIpc) is 2.79. The van der Waals surface area contributed by atoms with Gasteiger partial charge < -0.3 is 4.74 Å². The second-order valence-electron chi connectivity index (χ2n) is 6.71. The molecule has 0 radical (unpaired) electrons. The molecule has 0 N–H and O–H groups in total. The zero-order valence-corrected chi connectivity index (χ0v) is 15.2. The number of hydrogen-bond donors (Lipinski definition) is 0. The summed E-state index contributed by atoms with van der Waals surface area (Å²) in [6.07, 6.45) is 2.08. The second kappa shape index (κ2) is 8.67. The Morgan fingerprint density at radius 2 is 1.92 bits per heavy atom. The van der Waals surface area contributed by atoms with E-state index in [0.717, 1.165) is 36.3 Å². The van der Waals surface area contributed by atoms with E-state index in [1.165, 1.54) is 5.56 Å². The van der Waals surface area contributed by atoms with Gasteiger partial charge in [-0.05, 0) is 38.2 Å². The van der Waals surface area contributed by atoms with Crippen LogP contribution in [0.5, 0.6) is 0 Å². The number of nitrogens with zero attached hydrogens (tertiary/aromatic N) is 2. The van der Waals surface area contributed by atoms with Crippen molar-refractivity contribution >= 4 is 5.97 Å². The standard InChI is InChI=1S/C20H28N2O2/c1-15(2)14-22-17(4)19(16(3)21-22)13-20(23)24-12-8-11-18-9-6-5-7-10-18/h5-7,9-10,15H,8,11-14H2,1-4H3. The highest BCUT2D eigenvalue weighted by molar-refractivity contribution is 5.73. The maximum absolute atomic E-state index is 12.1. The smallest absolute Gasteiger partial charge is 0.310 e. The first-order valence-electron chi connectivity index (χ1n) is 8.69. The number of hydrogen-bond acceptors (Lipinski definition) is 3. The van der Waals surface area contributed by atoms with E-state index in [0.29, 0.717) is 18.9 Å². The zero-order chi connectivity index (χ0) is 17.5. The molecule has 0 spiro atoms. The van der Waals surface area contributed by atoms with Gasteiger partial charge in [0.1, 0.15) is 0 Å². The average molecular weight is 328 g/mol. The molecule has 0 fully saturated rings. The summed E-state index contributed by atoms with van der Waals surface area (Å²) in [7, 11) is 0. The molecule has 130 valence electrons. The fraction of sp³-hybridized carbons (Fsp3) is 0.500. The molecule has 0 aliphatic heterocycles. The Bertz CT molecular complexity index is 660. The third-order valence-electron chi connectivity index (χ3n) is 4.11. The van der Waals surface area contributed by atoms with Crippen LogP contribution in [0.1, 0.15) is 42.8 Å². The van der Waals surface area contributed by atoms with Crippen molar-refractivity contribution in [1.82, 2.24) is 9.78 Å².